The van der Waals surface area contributed by atoms with Crippen molar-refractivity contribution in [3.8, 4) is 0 Å². The summed E-state index contributed by atoms with van der Waals surface area (Å²) in [6.45, 7) is 0. The summed E-state index contributed by atoms with van der Waals surface area (Å²) in [6, 6.07) is 0.0558. The highest BCUT2D eigenvalue weighted by Crippen LogP contribution is 2.26. The zero-order chi connectivity index (χ0) is 8.55. The lowest BCUT2D eigenvalue weighted by Crippen LogP contribution is -2.18. The molecule has 2 nitrogen and oxygen atoms in total. The molecular formula is C10H12N2. The smallest absolute Gasteiger partial charge is 0.0572 e. The summed E-state index contributed by atoms with van der Waals surface area (Å²) in [5, 5.41) is 7.63. The summed E-state index contributed by atoms with van der Waals surface area (Å²) in [6.07, 6.45) is 9.79. The number of rotatable bonds is 0. The summed E-state index contributed by atoms with van der Waals surface area (Å²) in [7, 11) is 0. The molecule has 3 N–H and O–H groups in total. The molecule has 0 heterocycles. The van der Waals surface area contributed by atoms with Crippen LogP contribution in [0.2, 0.25) is 0 Å². The standard InChI is InChI=1S/C10H12N2/c11-9-5-1-3-7(9)8-4-2-6-10(8)12/h1-2,5-6,9,12H,3-4,11H2. The van der Waals surface area contributed by atoms with E-state index in [1.165, 1.54) is 5.57 Å². The third-order valence-corrected chi connectivity index (χ3v) is 2.40. The Morgan fingerprint density at radius 2 is 2.17 bits per heavy atom. The lowest BCUT2D eigenvalue weighted by molar-refractivity contribution is 0.942. The van der Waals surface area contributed by atoms with Gasteiger partial charge in [0.05, 0.1) is 5.71 Å². The van der Waals surface area contributed by atoms with E-state index in [0.29, 0.717) is 5.71 Å². The van der Waals surface area contributed by atoms with Gasteiger partial charge < -0.3 is 11.1 Å². The molecule has 0 aromatic rings. The van der Waals surface area contributed by atoms with Crippen LogP contribution >= 0.6 is 0 Å². The first-order chi connectivity index (χ1) is 5.79. The van der Waals surface area contributed by atoms with Crippen LogP contribution in [0.5, 0.6) is 0 Å². The van der Waals surface area contributed by atoms with Gasteiger partial charge in [-0.3, -0.25) is 0 Å². The normalized spacial score (nSPS) is 33.8. The van der Waals surface area contributed by atoms with E-state index in [9.17, 15) is 0 Å². The second kappa shape index (κ2) is 2.72. The lowest BCUT2D eigenvalue weighted by atomic mass is 10.0. The fourth-order valence-corrected chi connectivity index (χ4v) is 1.73. The van der Waals surface area contributed by atoms with Crippen molar-refractivity contribution in [2.45, 2.75) is 18.9 Å². The maximum atomic E-state index is 7.63. The van der Waals surface area contributed by atoms with Crippen molar-refractivity contribution in [3.05, 3.63) is 35.5 Å². The van der Waals surface area contributed by atoms with Crippen molar-refractivity contribution >= 4 is 5.71 Å². The maximum Gasteiger partial charge on any atom is 0.0572 e. The molecule has 0 spiro atoms. The molecule has 0 saturated heterocycles. The molecule has 0 saturated carbocycles. The van der Waals surface area contributed by atoms with Gasteiger partial charge in [-0.05, 0) is 30.1 Å². The Labute approximate surface area is 72.0 Å². The zero-order valence-electron chi connectivity index (χ0n) is 6.88. The predicted octanol–water partition coefficient (Wildman–Crippen LogP) is 1.55. The van der Waals surface area contributed by atoms with Crippen LogP contribution < -0.4 is 5.73 Å². The van der Waals surface area contributed by atoms with Crippen molar-refractivity contribution in [2.75, 3.05) is 0 Å². The van der Waals surface area contributed by atoms with Gasteiger partial charge in [0.2, 0.25) is 0 Å². The molecule has 0 aromatic heterocycles. The van der Waals surface area contributed by atoms with Crippen LogP contribution in [0.1, 0.15) is 12.8 Å². The van der Waals surface area contributed by atoms with E-state index in [1.807, 2.05) is 18.2 Å². The van der Waals surface area contributed by atoms with E-state index in [1.54, 1.807) is 0 Å². The highest BCUT2D eigenvalue weighted by molar-refractivity contribution is 6.09. The summed E-state index contributed by atoms with van der Waals surface area (Å²) in [5.74, 6) is 0. The molecule has 2 heteroatoms. The third-order valence-electron chi connectivity index (χ3n) is 2.40. The number of nitrogens with one attached hydrogen (secondary N) is 1. The molecule has 2 rings (SSSR count). The van der Waals surface area contributed by atoms with Crippen molar-refractivity contribution in [1.82, 2.24) is 0 Å². The molecule has 1 unspecified atom stereocenters. The van der Waals surface area contributed by atoms with E-state index < -0.39 is 0 Å². The summed E-state index contributed by atoms with van der Waals surface area (Å²) >= 11 is 0. The van der Waals surface area contributed by atoms with Crippen LogP contribution in [0.25, 0.3) is 0 Å². The number of nitrogens with two attached hydrogens (primary N) is 1. The summed E-state index contributed by atoms with van der Waals surface area (Å²) < 4.78 is 0. The number of hydrogen-bond donors (Lipinski definition) is 2. The van der Waals surface area contributed by atoms with Gasteiger partial charge in [0, 0.05) is 6.04 Å². The molecule has 0 radical (unpaired) electrons. The van der Waals surface area contributed by atoms with E-state index in [4.69, 9.17) is 11.1 Å². The van der Waals surface area contributed by atoms with Crippen LogP contribution in [-0.4, -0.2) is 11.8 Å². The molecule has 0 amide bonds. The second-order valence-electron chi connectivity index (χ2n) is 3.18. The van der Waals surface area contributed by atoms with Crippen LogP contribution in [0.4, 0.5) is 0 Å². The van der Waals surface area contributed by atoms with Crippen molar-refractivity contribution in [3.63, 3.8) is 0 Å². The molecule has 0 aromatic carbocycles. The van der Waals surface area contributed by atoms with Gasteiger partial charge >= 0.3 is 0 Å². The largest absolute Gasteiger partial charge is 0.321 e. The molecule has 1 atom stereocenters. The molecule has 62 valence electrons. The second-order valence-corrected chi connectivity index (χ2v) is 3.18. The van der Waals surface area contributed by atoms with E-state index in [2.05, 4.69) is 6.08 Å². The third kappa shape index (κ3) is 1.04. The van der Waals surface area contributed by atoms with Gasteiger partial charge in [-0.15, -0.1) is 0 Å². The first kappa shape index (κ1) is 7.50. The van der Waals surface area contributed by atoms with Gasteiger partial charge in [0.15, 0.2) is 0 Å². The first-order valence-electron chi connectivity index (χ1n) is 4.18. The minimum Gasteiger partial charge on any atom is -0.321 e. The van der Waals surface area contributed by atoms with E-state index >= 15 is 0 Å². The molecule has 2 aliphatic carbocycles. The first-order valence-corrected chi connectivity index (χ1v) is 4.18. The fraction of sp³-hybridized carbons (Fsp3) is 0.300. The van der Waals surface area contributed by atoms with Crippen LogP contribution in [0.15, 0.2) is 35.5 Å². The van der Waals surface area contributed by atoms with Crippen molar-refractivity contribution in [2.24, 2.45) is 5.73 Å². The SMILES string of the molecule is N=C1C=CCC1=C1CC=CC1N. The Kier molecular flexibility index (Phi) is 1.70. The highest BCUT2D eigenvalue weighted by Gasteiger charge is 2.19. The lowest BCUT2D eigenvalue weighted by Gasteiger charge is -2.09. The highest BCUT2D eigenvalue weighted by atomic mass is 14.6. The van der Waals surface area contributed by atoms with Gasteiger partial charge in [-0.25, -0.2) is 0 Å². The minimum absolute atomic E-state index is 0.0558. The molecular weight excluding hydrogens is 148 g/mol. The molecule has 0 aliphatic heterocycles. The van der Waals surface area contributed by atoms with Gasteiger partial charge in [-0.1, -0.05) is 18.2 Å². The van der Waals surface area contributed by atoms with Gasteiger partial charge in [0.25, 0.3) is 0 Å². The average molecular weight is 160 g/mol. The maximum absolute atomic E-state index is 7.63. The van der Waals surface area contributed by atoms with Crippen LogP contribution in [-0.2, 0) is 0 Å². The quantitative estimate of drug-likeness (QED) is 0.519. The van der Waals surface area contributed by atoms with Crippen LogP contribution in [0, 0.1) is 5.41 Å². The Morgan fingerprint density at radius 3 is 2.67 bits per heavy atom. The van der Waals surface area contributed by atoms with Gasteiger partial charge in [-0.2, -0.15) is 0 Å². The fourth-order valence-electron chi connectivity index (χ4n) is 1.73. The molecule has 0 bridgehead atoms. The Hall–Kier alpha value is -1.15. The number of allylic oxidation sites excluding steroid dienone is 4. The minimum atomic E-state index is 0.0558. The van der Waals surface area contributed by atoms with Crippen molar-refractivity contribution < 1.29 is 0 Å². The monoisotopic (exact) mass is 160 g/mol. The topological polar surface area (TPSA) is 49.9 Å². The van der Waals surface area contributed by atoms with Crippen LogP contribution in [0.3, 0.4) is 0 Å². The van der Waals surface area contributed by atoms with Crippen molar-refractivity contribution in [1.29, 1.82) is 5.41 Å². The number of hydrogen-bond acceptors (Lipinski definition) is 2. The summed E-state index contributed by atoms with van der Waals surface area (Å²) in [4.78, 5) is 0. The average Bonchev–Trinajstić information content (AvgIpc) is 2.59. The zero-order valence-corrected chi connectivity index (χ0v) is 6.88. The molecule has 2 aliphatic rings. The molecule has 12 heavy (non-hydrogen) atoms. The molecule has 0 fully saturated rings. The Bertz CT molecular complexity index is 308. The van der Waals surface area contributed by atoms with Gasteiger partial charge in [0.1, 0.15) is 0 Å². The Morgan fingerprint density at radius 1 is 1.33 bits per heavy atom. The predicted molar refractivity (Wildman–Crippen MR) is 50.2 cm³/mol. The van der Waals surface area contributed by atoms with E-state index in [0.717, 1.165) is 18.4 Å². The van der Waals surface area contributed by atoms with E-state index in [-0.39, 0.29) is 6.04 Å². The summed E-state index contributed by atoms with van der Waals surface area (Å²) in [5.41, 5.74) is 8.85. The Balaban J connectivity index is 2.33.